The molecule has 0 atom stereocenters. The number of anilines is 1. The fourth-order valence-corrected chi connectivity index (χ4v) is 5.16. The number of thiophene rings is 1. The Morgan fingerprint density at radius 3 is 2.52 bits per heavy atom. The van der Waals surface area contributed by atoms with Crippen molar-refractivity contribution >= 4 is 79.5 Å². The Kier molecular flexibility index (Phi) is 9.00. The summed E-state index contributed by atoms with van der Waals surface area (Å²) in [5, 5.41) is 1.23. The molecule has 5 nitrogen and oxygen atoms in total. The number of halogens is 3. The molecule has 3 aromatic rings. The lowest BCUT2D eigenvalue weighted by molar-refractivity contribution is -0.118. The van der Waals surface area contributed by atoms with Crippen molar-refractivity contribution in [1.29, 1.82) is 0 Å². The molecular weight excluding hydrogens is 473 g/mol. The number of carbonyl (C=O) groups is 1. The Balaban J connectivity index is 0.00000300. The highest BCUT2D eigenvalue weighted by Gasteiger charge is 2.22. The Morgan fingerprint density at radius 2 is 1.90 bits per heavy atom. The van der Waals surface area contributed by atoms with Gasteiger partial charge in [-0.2, -0.15) is 0 Å². The molecule has 29 heavy (non-hydrogen) atoms. The second-order valence-electron chi connectivity index (χ2n) is 6.51. The number of aromatic nitrogens is 1. The van der Waals surface area contributed by atoms with Crippen LogP contribution in [-0.4, -0.2) is 50.1 Å². The molecule has 0 bridgehead atoms. The SMILES string of the molecule is COc1ccc(Cl)c2sc(N(CCCN(C)C)C(=O)Cc3ccc(Cl)s3)nc12.Cl. The number of thiazole rings is 1. The van der Waals surface area contributed by atoms with Crippen molar-refractivity contribution in [3.8, 4) is 5.75 Å². The summed E-state index contributed by atoms with van der Waals surface area (Å²) in [5.41, 5.74) is 0.680. The second kappa shape index (κ2) is 10.8. The van der Waals surface area contributed by atoms with Crippen molar-refractivity contribution < 1.29 is 9.53 Å². The van der Waals surface area contributed by atoms with Gasteiger partial charge in [-0.1, -0.05) is 34.5 Å². The smallest absolute Gasteiger partial charge is 0.234 e. The van der Waals surface area contributed by atoms with E-state index in [-0.39, 0.29) is 18.3 Å². The molecule has 1 amide bonds. The summed E-state index contributed by atoms with van der Waals surface area (Å²) in [6, 6.07) is 7.28. The van der Waals surface area contributed by atoms with Gasteiger partial charge in [-0.25, -0.2) is 4.98 Å². The zero-order valence-electron chi connectivity index (χ0n) is 16.3. The Morgan fingerprint density at radius 1 is 1.14 bits per heavy atom. The molecule has 0 saturated heterocycles. The van der Waals surface area contributed by atoms with Gasteiger partial charge in [0.25, 0.3) is 0 Å². The van der Waals surface area contributed by atoms with Gasteiger partial charge in [-0.3, -0.25) is 9.69 Å². The molecule has 0 aliphatic carbocycles. The van der Waals surface area contributed by atoms with Crippen LogP contribution in [0, 0.1) is 0 Å². The number of amides is 1. The fourth-order valence-electron chi connectivity index (χ4n) is 2.78. The minimum atomic E-state index is -0.00795. The number of carbonyl (C=O) groups excluding carboxylic acids is 1. The van der Waals surface area contributed by atoms with Crippen LogP contribution in [0.25, 0.3) is 10.2 Å². The first kappa shape index (κ1) is 24.2. The summed E-state index contributed by atoms with van der Waals surface area (Å²) >= 11 is 15.2. The number of fused-ring (bicyclic) bond motifs is 1. The lowest BCUT2D eigenvalue weighted by Crippen LogP contribution is -2.34. The average molecular weight is 495 g/mol. The molecule has 0 N–H and O–H groups in total. The lowest BCUT2D eigenvalue weighted by atomic mass is 10.3. The van der Waals surface area contributed by atoms with Gasteiger partial charge in [-0.05, 0) is 51.3 Å². The first-order chi connectivity index (χ1) is 13.4. The Hall–Kier alpha value is -1.09. The Labute approximate surface area is 194 Å². The van der Waals surface area contributed by atoms with Crippen LogP contribution in [0.4, 0.5) is 5.13 Å². The zero-order valence-corrected chi connectivity index (χ0v) is 20.2. The van der Waals surface area contributed by atoms with Crippen molar-refractivity contribution in [3.63, 3.8) is 0 Å². The summed E-state index contributed by atoms with van der Waals surface area (Å²) in [6.45, 7) is 1.46. The predicted molar refractivity (Wildman–Crippen MR) is 127 cm³/mol. The molecule has 2 heterocycles. The molecule has 10 heteroatoms. The summed E-state index contributed by atoms with van der Waals surface area (Å²) in [4.78, 5) is 22.6. The van der Waals surface area contributed by atoms with E-state index in [0.717, 1.165) is 22.5 Å². The van der Waals surface area contributed by atoms with Crippen LogP contribution in [0.1, 0.15) is 11.3 Å². The summed E-state index contributed by atoms with van der Waals surface area (Å²) < 4.78 is 6.91. The molecule has 0 aliphatic rings. The number of ether oxygens (including phenoxy) is 1. The number of methoxy groups -OCH3 is 1. The molecule has 2 aromatic heterocycles. The third-order valence-electron chi connectivity index (χ3n) is 4.14. The number of nitrogens with zero attached hydrogens (tertiary/aromatic N) is 3. The van der Waals surface area contributed by atoms with Gasteiger partial charge < -0.3 is 9.64 Å². The van der Waals surface area contributed by atoms with E-state index in [1.165, 1.54) is 22.7 Å². The van der Waals surface area contributed by atoms with E-state index in [9.17, 15) is 4.79 Å². The first-order valence-electron chi connectivity index (χ1n) is 8.71. The highest BCUT2D eigenvalue weighted by Crippen LogP contribution is 2.39. The quantitative estimate of drug-likeness (QED) is 0.407. The van der Waals surface area contributed by atoms with Gasteiger partial charge in [0.2, 0.25) is 5.91 Å². The maximum atomic E-state index is 13.1. The van der Waals surface area contributed by atoms with Crippen LogP contribution in [0.2, 0.25) is 9.36 Å². The average Bonchev–Trinajstić information content (AvgIpc) is 3.26. The van der Waals surface area contributed by atoms with Crippen molar-refractivity contribution in [2.45, 2.75) is 12.8 Å². The van der Waals surface area contributed by atoms with E-state index in [0.29, 0.717) is 38.7 Å². The third kappa shape index (κ3) is 5.96. The zero-order chi connectivity index (χ0) is 20.3. The van der Waals surface area contributed by atoms with Crippen LogP contribution in [-0.2, 0) is 11.2 Å². The summed E-state index contributed by atoms with van der Waals surface area (Å²) in [5.74, 6) is 0.638. The van der Waals surface area contributed by atoms with Crippen LogP contribution >= 0.6 is 58.3 Å². The molecule has 0 radical (unpaired) electrons. The molecule has 0 fully saturated rings. The highest BCUT2D eigenvalue weighted by atomic mass is 35.5. The molecule has 3 rings (SSSR count). The molecule has 0 unspecified atom stereocenters. The van der Waals surface area contributed by atoms with Gasteiger partial charge in [0.1, 0.15) is 11.3 Å². The van der Waals surface area contributed by atoms with Gasteiger partial charge in [0.15, 0.2) is 5.13 Å². The topological polar surface area (TPSA) is 45.7 Å². The van der Waals surface area contributed by atoms with E-state index in [1.807, 2.05) is 26.2 Å². The maximum absolute atomic E-state index is 13.1. The number of benzene rings is 1. The van der Waals surface area contributed by atoms with Gasteiger partial charge >= 0.3 is 0 Å². The summed E-state index contributed by atoms with van der Waals surface area (Å²) in [7, 11) is 5.63. The molecule has 158 valence electrons. The van der Waals surface area contributed by atoms with Crippen molar-refractivity contribution in [1.82, 2.24) is 9.88 Å². The minimum Gasteiger partial charge on any atom is -0.494 e. The van der Waals surface area contributed by atoms with Crippen molar-refractivity contribution in [2.24, 2.45) is 0 Å². The van der Waals surface area contributed by atoms with Crippen LogP contribution in [0.3, 0.4) is 0 Å². The van der Waals surface area contributed by atoms with Gasteiger partial charge in [-0.15, -0.1) is 23.7 Å². The largest absolute Gasteiger partial charge is 0.494 e. The van der Waals surface area contributed by atoms with Gasteiger partial charge in [0, 0.05) is 11.4 Å². The van der Waals surface area contributed by atoms with E-state index < -0.39 is 0 Å². The predicted octanol–water partition coefficient (Wildman–Crippen LogP) is 5.62. The van der Waals surface area contributed by atoms with Crippen LogP contribution in [0.5, 0.6) is 5.75 Å². The fraction of sp³-hybridized carbons (Fsp3) is 0.368. The first-order valence-corrected chi connectivity index (χ1v) is 11.1. The van der Waals surface area contributed by atoms with E-state index in [4.69, 9.17) is 27.9 Å². The third-order valence-corrected chi connectivity index (χ3v) is 6.91. The normalized spacial score (nSPS) is 11.0. The van der Waals surface area contributed by atoms with Crippen LogP contribution < -0.4 is 9.64 Å². The van der Waals surface area contributed by atoms with Crippen molar-refractivity contribution in [2.75, 3.05) is 39.2 Å². The molecule has 0 spiro atoms. The van der Waals surface area contributed by atoms with E-state index >= 15 is 0 Å². The number of hydrogen-bond acceptors (Lipinski definition) is 6. The number of hydrogen-bond donors (Lipinski definition) is 0. The monoisotopic (exact) mass is 493 g/mol. The number of rotatable bonds is 8. The van der Waals surface area contributed by atoms with Gasteiger partial charge in [0.05, 0.1) is 27.6 Å². The van der Waals surface area contributed by atoms with E-state index in [2.05, 4.69) is 9.88 Å². The maximum Gasteiger partial charge on any atom is 0.234 e. The van der Waals surface area contributed by atoms with Crippen molar-refractivity contribution in [3.05, 3.63) is 38.5 Å². The standard InChI is InChI=1S/C19H21Cl2N3O2S2.ClH/c1-23(2)9-4-10-24(16(25)11-12-5-8-15(21)27-12)19-22-17-14(26-3)7-6-13(20)18(17)28-19;/h5-8H,4,9-11H2,1-3H3;1H. The molecule has 0 saturated carbocycles. The second-order valence-corrected chi connectivity index (χ2v) is 9.69. The summed E-state index contributed by atoms with van der Waals surface area (Å²) in [6.07, 6.45) is 1.13. The molecule has 0 aliphatic heterocycles. The minimum absolute atomic E-state index is 0. The van der Waals surface area contributed by atoms with Crippen LogP contribution in [0.15, 0.2) is 24.3 Å². The molecule has 1 aromatic carbocycles. The molecular formula is C19H22Cl3N3O2S2. The lowest BCUT2D eigenvalue weighted by Gasteiger charge is -2.20. The Bertz CT molecular complexity index is 975. The highest BCUT2D eigenvalue weighted by molar-refractivity contribution is 7.23. The van der Waals surface area contributed by atoms with E-state index in [1.54, 1.807) is 24.1 Å².